The zero-order valence-electron chi connectivity index (χ0n) is 22.7. The van der Waals surface area contributed by atoms with E-state index in [1.165, 1.54) is 12.5 Å². The van der Waals surface area contributed by atoms with Crippen molar-refractivity contribution < 1.29 is 18.7 Å². The van der Waals surface area contributed by atoms with Crippen LogP contribution >= 0.6 is 0 Å². The maximum absolute atomic E-state index is 14.5. The molecule has 9 heteroatoms. The average molecular weight is 524 g/mol. The van der Waals surface area contributed by atoms with Crippen molar-refractivity contribution in [2.45, 2.75) is 69.9 Å². The number of likely N-dealkylation sites (tertiary alicyclic amines) is 2. The molecule has 0 bridgehead atoms. The lowest BCUT2D eigenvalue weighted by atomic mass is 9.74. The number of ether oxygens (including phenoxy) is 1. The first-order valence-electron chi connectivity index (χ1n) is 14.1. The van der Waals surface area contributed by atoms with Gasteiger partial charge in [-0.05, 0) is 101 Å². The van der Waals surface area contributed by atoms with E-state index in [1.807, 2.05) is 36.8 Å². The number of fused-ring (bicyclic) bond motifs is 3. The molecule has 6 rings (SSSR count). The molecule has 3 atom stereocenters. The topological polar surface area (TPSA) is 70.9 Å². The quantitative estimate of drug-likeness (QED) is 0.601. The predicted octanol–water partition coefficient (Wildman–Crippen LogP) is 4.26. The largest absolute Gasteiger partial charge is 0.450 e. The fourth-order valence-electron chi connectivity index (χ4n) is 7.56. The molecule has 4 aliphatic rings. The van der Waals surface area contributed by atoms with Crippen LogP contribution in [0.3, 0.4) is 0 Å². The monoisotopic (exact) mass is 523 g/mol. The van der Waals surface area contributed by atoms with Gasteiger partial charge in [0.2, 0.25) is 0 Å². The summed E-state index contributed by atoms with van der Waals surface area (Å²) in [5.74, 6) is 0.150. The van der Waals surface area contributed by atoms with E-state index < -0.39 is 0 Å². The van der Waals surface area contributed by atoms with Crippen LogP contribution in [0.25, 0.3) is 0 Å². The van der Waals surface area contributed by atoms with E-state index in [1.54, 1.807) is 16.8 Å². The van der Waals surface area contributed by atoms with Crippen LogP contribution in [0, 0.1) is 18.7 Å². The van der Waals surface area contributed by atoms with Crippen LogP contribution in [0.15, 0.2) is 24.3 Å². The van der Waals surface area contributed by atoms with Crippen LogP contribution in [0.1, 0.15) is 67.2 Å². The van der Waals surface area contributed by atoms with Gasteiger partial charge in [0.15, 0.2) is 5.69 Å². The molecule has 3 aliphatic heterocycles. The highest BCUT2D eigenvalue weighted by molar-refractivity contribution is 6.06. The molecule has 2 aromatic rings. The Balaban J connectivity index is 1.18. The molecule has 1 aromatic carbocycles. The van der Waals surface area contributed by atoms with Crippen molar-refractivity contribution in [3.8, 4) is 0 Å². The molecule has 8 nitrogen and oxygen atoms in total. The van der Waals surface area contributed by atoms with Crippen LogP contribution in [0.4, 0.5) is 14.9 Å². The minimum atomic E-state index is -0.257. The Bertz CT molecular complexity index is 1220. The van der Waals surface area contributed by atoms with Crippen molar-refractivity contribution in [1.29, 1.82) is 0 Å². The van der Waals surface area contributed by atoms with Gasteiger partial charge in [0.25, 0.3) is 5.91 Å². The van der Waals surface area contributed by atoms with Gasteiger partial charge >= 0.3 is 6.09 Å². The van der Waals surface area contributed by atoms with Crippen LogP contribution in [-0.2, 0) is 17.2 Å². The van der Waals surface area contributed by atoms with Crippen LogP contribution in [-0.4, -0.2) is 76.5 Å². The number of carbonyl (C=O) groups excluding carboxylic acids is 2. The number of aromatic nitrogens is 2. The van der Waals surface area contributed by atoms with Gasteiger partial charge in [-0.2, -0.15) is 5.10 Å². The normalized spacial score (nSPS) is 26.5. The molecular formula is C29H38FN5O3. The third kappa shape index (κ3) is 4.19. The Hall–Kier alpha value is -2.94. The minimum Gasteiger partial charge on any atom is -0.450 e. The number of nitrogens with zero attached hydrogens (tertiary/aromatic N) is 5. The van der Waals surface area contributed by atoms with Gasteiger partial charge in [-0.3, -0.25) is 9.48 Å². The Kier molecular flexibility index (Phi) is 6.45. The number of hydrogen-bond acceptors (Lipinski definition) is 5. The number of aryl methyl sites for hydroxylation is 2. The Morgan fingerprint density at radius 2 is 1.95 bits per heavy atom. The van der Waals surface area contributed by atoms with E-state index in [4.69, 9.17) is 4.74 Å². The van der Waals surface area contributed by atoms with Gasteiger partial charge < -0.3 is 19.4 Å². The summed E-state index contributed by atoms with van der Waals surface area (Å²) in [6, 6.07) is 7.37. The molecule has 1 saturated carbocycles. The highest BCUT2D eigenvalue weighted by Crippen LogP contribution is 2.49. The lowest BCUT2D eigenvalue weighted by Gasteiger charge is -2.42. The summed E-state index contributed by atoms with van der Waals surface area (Å²) in [4.78, 5) is 32.5. The highest BCUT2D eigenvalue weighted by atomic mass is 19.1. The van der Waals surface area contributed by atoms with Gasteiger partial charge in [0.1, 0.15) is 5.82 Å². The van der Waals surface area contributed by atoms with Gasteiger partial charge in [0.05, 0.1) is 6.61 Å². The molecule has 0 radical (unpaired) electrons. The molecule has 1 spiro atoms. The third-order valence-corrected chi connectivity index (χ3v) is 9.64. The van der Waals surface area contributed by atoms with Gasteiger partial charge in [-0.1, -0.05) is 0 Å². The molecule has 0 N–H and O–H groups in total. The molecule has 2 amide bonds. The summed E-state index contributed by atoms with van der Waals surface area (Å²) in [6.45, 7) is 7.36. The van der Waals surface area contributed by atoms with Crippen molar-refractivity contribution in [3.63, 3.8) is 0 Å². The summed E-state index contributed by atoms with van der Waals surface area (Å²) in [7, 11) is 1.84. The molecule has 4 heterocycles. The maximum Gasteiger partial charge on any atom is 0.410 e. The number of rotatable bonds is 3. The SMILES string of the molecule is CCOC(=O)N1CCCC2CC(N3CCC4(CC3)CN(C(=O)c3cc(C)n(C)n3)c3ccc(F)cc34)CC21. The average Bonchev–Trinajstić information content (AvgIpc) is 3.58. The molecule has 38 heavy (non-hydrogen) atoms. The van der Waals surface area contributed by atoms with E-state index in [-0.39, 0.29) is 29.3 Å². The van der Waals surface area contributed by atoms with Crippen LogP contribution in [0.5, 0.6) is 0 Å². The first-order valence-corrected chi connectivity index (χ1v) is 14.1. The van der Waals surface area contributed by atoms with Crippen molar-refractivity contribution in [2.75, 3.05) is 37.7 Å². The lowest BCUT2D eigenvalue weighted by Crippen LogP contribution is -2.49. The molecule has 3 fully saturated rings. The number of carbonyl (C=O) groups is 2. The Morgan fingerprint density at radius 3 is 2.66 bits per heavy atom. The van der Waals surface area contributed by atoms with Crippen LogP contribution in [0.2, 0.25) is 0 Å². The number of halogens is 1. The van der Waals surface area contributed by atoms with E-state index in [2.05, 4.69) is 10.00 Å². The summed E-state index contributed by atoms with van der Waals surface area (Å²) in [5.41, 5.74) is 2.86. The second-order valence-electron chi connectivity index (χ2n) is 11.7. The number of amides is 2. The fraction of sp³-hybridized carbons (Fsp3) is 0.621. The lowest BCUT2D eigenvalue weighted by molar-refractivity contribution is 0.0633. The Morgan fingerprint density at radius 1 is 1.16 bits per heavy atom. The first kappa shape index (κ1) is 25.3. The maximum atomic E-state index is 14.5. The number of anilines is 1. The molecule has 2 saturated heterocycles. The van der Waals surface area contributed by atoms with Crippen molar-refractivity contribution >= 4 is 17.7 Å². The van der Waals surface area contributed by atoms with Crippen LogP contribution < -0.4 is 4.90 Å². The summed E-state index contributed by atoms with van der Waals surface area (Å²) < 4.78 is 21.5. The number of benzene rings is 1. The van der Waals surface area contributed by atoms with Gasteiger partial charge in [-0.15, -0.1) is 0 Å². The van der Waals surface area contributed by atoms with Gasteiger partial charge in [0, 0.05) is 49.0 Å². The van der Waals surface area contributed by atoms with Gasteiger partial charge in [-0.25, -0.2) is 9.18 Å². The summed E-state index contributed by atoms with van der Waals surface area (Å²) in [5, 5.41) is 4.41. The van der Waals surface area contributed by atoms with Crippen molar-refractivity contribution in [2.24, 2.45) is 13.0 Å². The first-order chi connectivity index (χ1) is 18.3. The van der Waals surface area contributed by atoms with E-state index >= 15 is 0 Å². The van der Waals surface area contributed by atoms with Crippen molar-refractivity contribution in [3.05, 3.63) is 47.0 Å². The minimum absolute atomic E-state index is 0.125. The predicted molar refractivity (Wildman–Crippen MR) is 142 cm³/mol. The second kappa shape index (κ2) is 9.67. The third-order valence-electron chi connectivity index (χ3n) is 9.64. The van der Waals surface area contributed by atoms with Crippen molar-refractivity contribution in [1.82, 2.24) is 19.6 Å². The summed E-state index contributed by atoms with van der Waals surface area (Å²) in [6.07, 6.45) is 5.90. The fourth-order valence-corrected chi connectivity index (χ4v) is 7.56. The zero-order valence-corrected chi connectivity index (χ0v) is 22.7. The van der Waals surface area contributed by atoms with E-state index in [0.717, 1.165) is 68.7 Å². The second-order valence-corrected chi connectivity index (χ2v) is 11.7. The molecule has 1 aliphatic carbocycles. The molecular weight excluding hydrogens is 485 g/mol. The summed E-state index contributed by atoms with van der Waals surface area (Å²) >= 11 is 0. The number of piperidine rings is 2. The molecule has 1 aromatic heterocycles. The highest BCUT2D eigenvalue weighted by Gasteiger charge is 2.50. The Labute approximate surface area is 223 Å². The van der Waals surface area contributed by atoms with E-state index in [9.17, 15) is 14.0 Å². The molecule has 204 valence electrons. The number of hydrogen-bond donors (Lipinski definition) is 0. The standard InChI is InChI=1S/C29H38FN5O3/c1-4-38-28(37)34-11-5-6-20-15-22(17-26(20)34)33-12-9-29(10-13-33)18-35(25-8-7-21(30)16-23(25)29)27(36)24-14-19(2)32(3)31-24/h7-8,14,16,20,22,26H,4-6,9-13,15,17-18H2,1-3H3. The van der Waals surface area contributed by atoms with E-state index in [0.29, 0.717) is 30.8 Å². The zero-order chi connectivity index (χ0) is 26.6. The molecule has 3 unspecified atom stereocenters. The smallest absolute Gasteiger partial charge is 0.410 e.